The van der Waals surface area contributed by atoms with Crippen LogP contribution in [-0.2, 0) is 24.5 Å². The summed E-state index contributed by atoms with van der Waals surface area (Å²) in [5.74, 6) is -0.642. The largest absolute Gasteiger partial charge is 0.495 e. The highest BCUT2D eigenvalue weighted by Gasteiger charge is 2.80. The Morgan fingerprint density at radius 2 is 2.00 bits per heavy atom. The fourth-order valence-corrected chi connectivity index (χ4v) is 8.56. The minimum atomic E-state index is -2.10. The predicted octanol–water partition coefficient (Wildman–Crippen LogP) is 3.18. The number of ether oxygens (including phenoxy) is 3. The first kappa shape index (κ1) is 25.5. The Bertz CT molecular complexity index is 1130. The highest BCUT2D eigenvalue weighted by molar-refractivity contribution is 9.10. The van der Waals surface area contributed by atoms with E-state index in [0.29, 0.717) is 12.2 Å². The van der Waals surface area contributed by atoms with Crippen LogP contribution in [0, 0.1) is 5.41 Å². The van der Waals surface area contributed by atoms with Crippen molar-refractivity contribution in [1.82, 2.24) is 4.90 Å². The van der Waals surface area contributed by atoms with Crippen LogP contribution in [0.4, 0.5) is 5.69 Å². The molecule has 5 rings (SSSR count). The maximum atomic E-state index is 13.7. The number of carbonyl (C=O) groups excluding carboxylic acids is 2. The second-order valence-electron chi connectivity index (χ2n) is 10.6. The van der Waals surface area contributed by atoms with Crippen molar-refractivity contribution in [2.75, 3.05) is 39.3 Å². The van der Waals surface area contributed by atoms with Gasteiger partial charge in [0.05, 0.1) is 24.7 Å². The Balaban J connectivity index is 1.87. The van der Waals surface area contributed by atoms with Gasteiger partial charge in [-0.1, -0.05) is 31.9 Å². The Hall–Kier alpha value is -2.10. The monoisotopic (exact) mass is 562 g/mol. The quantitative estimate of drug-likeness (QED) is 0.417. The molecule has 1 aromatic carbocycles. The number of esters is 2. The molecule has 8 nitrogen and oxygen atoms in total. The summed E-state index contributed by atoms with van der Waals surface area (Å²) >= 11 is 3.68. The third-order valence-corrected chi connectivity index (χ3v) is 9.65. The molecular formula is C27H35BrN2O6. The summed E-state index contributed by atoms with van der Waals surface area (Å²) in [5, 5.41) is 12.7. The van der Waals surface area contributed by atoms with Gasteiger partial charge in [-0.3, -0.25) is 9.69 Å². The lowest BCUT2D eigenvalue weighted by molar-refractivity contribution is -0.229. The van der Waals surface area contributed by atoms with Crippen molar-refractivity contribution in [2.24, 2.45) is 5.41 Å². The summed E-state index contributed by atoms with van der Waals surface area (Å²) in [6, 6.07) is 3.26. The normalized spacial score (nSPS) is 36.2. The number of nitrogens with zero attached hydrogens (tertiary/aromatic N) is 2. The molecule has 0 aromatic heterocycles. The number of carbonyl (C=O) groups is 2. The number of hydrogen-bond donors (Lipinski definition) is 1. The Morgan fingerprint density at radius 1 is 1.25 bits per heavy atom. The standard InChI is InChI=1S/C27H35BrN2O6/c1-6-7-9-25-10-8-12-30-13-11-26(21(25)30)17-14-18(28)20(34-4)15-19(17)29(3)22(26)27(33,24(32)35-5)23(25)36-16(2)31/h8,10,14-15,21-23,33H,6-7,9,11-13H2,1-5H3/t21-,22-,23+,25+,26-,27+/m0/s1. The lowest BCUT2D eigenvalue weighted by Gasteiger charge is -2.63. The Kier molecular flexibility index (Phi) is 6.20. The van der Waals surface area contributed by atoms with Crippen LogP contribution in [0.3, 0.4) is 0 Å². The van der Waals surface area contributed by atoms with Gasteiger partial charge in [-0.25, -0.2) is 4.79 Å². The van der Waals surface area contributed by atoms with Crippen LogP contribution in [0.5, 0.6) is 5.75 Å². The summed E-state index contributed by atoms with van der Waals surface area (Å²) in [7, 11) is 4.79. The van der Waals surface area contributed by atoms with Crippen molar-refractivity contribution < 1.29 is 28.9 Å². The number of rotatable bonds is 6. The van der Waals surface area contributed by atoms with E-state index < -0.39 is 40.5 Å². The Labute approximate surface area is 220 Å². The lowest BCUT2D eigenvalue weighted by Crippen LogP contribution is -2.81. The molecule has 1 aromatic rings. The number of anilines is 1. The van der Waals surface area contributed by atoms with E-state index >= 15 is 0 Å². The molecule has 0 bridgehead atoms. The molecule has 9 heteroatoms. The molecule has 0 amide bonds. The highest BCUT2D eigenvalue weighted by atomic mass is 79.9. The molecule has 196 valence electrons. The fourth-order valence-electron chi connectivity index (χ4n) is 8.05. The minimum Gasteiger partial charge on any atom is -0.495 e. The topological polar surface area (TPSA) is 88.5 Å². The molecule has 1 spiro atoms. The molecule has 0 unspecified atom stereocenters. The predicted molar refractivity (Wildman–Crippen MR) is 138 cm³/mol. The number of halogens is 1. The van der Waals surface area contributed by atoms with Crippen LogP contribution >= 0.6 is 15.9 Å². The van der Waals surface area contributed by atoms with Crippen LogP contribution in [0.2, 0.25) is 0 Å². The van der Waals surface area contributed by atoms with Crippen molar-refractivity contribution in [2.45, 2.75) is 68.7 Å². The van der Waals surface area contributed by atoms with Gasteiger partial charge in [0, 0.05) is 49.1 Å². The van der Waals surface area contributed by atoms with Crippen LogP contribution in [0.15, 0.2) is 28.8 Å². The first-order valence-electron chi connectivity index (χ1n) is 12.6. The summed E-state index contributed by atoms with van der Waals surface area (Å²) in [6.07, 6.45) is 6.32. The summed E-state index contributed by atoms with van der Waals surface area (Å²) in [5.41, 5.74) is -1.51. The van der Waals surface area contributed by atoms with Crippen molar-refractivity contribution in [3.8, 4) is 5.75 Å². The summed E-state index contributed by atoms with van der Waals surface area (Å²) in [6.45, 7) is 5.03. The van der Waals surface area contributed by atoms with E-state index in [1.165, 1.54) is 14.0 Å². The number of unbranched alkanes of at least 4 members (excludes halogenated alkanes) is 1. The maximum Gasteiger partial charge on any atom is 0.344 e. The molecule has 36 heavy (non-hydrogen) atoms. The molecule has 1 saturated carbocycles. The third kappa shape index (κ3) is 3.05. The van der Waals surface area contributed by atoms with E-state index in [1.54, 1.807) is 7.11 Å². The van der Waals surface area contributed by atoms with Crippen molar-refractivity contribution in [3.63, 3.8) is 0 Å². The van der Waals surface area contributed by atoms with Crippen LogP contribution in [0.25, 0.3) is 0 Å². The van der Waals surface area contributed by atoms with Crippen LogP contribution < -0.4 is 9.64 Å². The molecule has 0 radical (unpaired) electrons. The van der Waals surface area contributed by atoms with E-state index in [9.17, 15) is 14.7 Å². The zero-order valence-electron chi connectivity index (χ0n) is 21.5. The first-order chi connectivity index (χ1) is 17.1. The lowest BCUT2D eigenvalue weighted by atomic mass is 9.47. The molecule has 1 N–H and O–H groups in total. The molecule has 1 aliphatic carbocycles. The third-order valence-electron chi connectivity index (χ3n) is 9.03. The molecular weight excluding hydrogens is 528 g/mol. The molecule has 1 saturated heterocycles. The summed E-state index contributed by atoms with van der Waals surface area (Å²) in [4.78, 5) is 30.7. The van der Waals surface area contributed by atoms with Gasteiger partial charge >= 0.3 is 11.9 Å². The smallest absolute Gasteiger partial charge is 0.344 e. The van der Waals surface area contributed by atoms with E-state index in [1.807, 2.05) is 18.0 Å². The molecule has 4 aliphatic rings. The molecule has 2 fully saturated rings. The van der Waals surface area contributed by atoms with Gasteiger partial charge in [0.2, 0.25) is 5.60 Å². The van der Waals surface area contributed by atoms with Crippen LogP contribution in [0.1, 0.15) is 45.1 Å². The first-order valence-corrected chi connectivity index (χ1v) is 13.4. The molecule has 3 aliphatic heterocycles. The number of benzene rings is 1. The number of fused-ring (bicyclic) bond motifs is 1. The highest BCUT2D eigenvalue weighted by Crippen LogP contribution is 2.68. The fraction of sp³-hybridized carbons (Fsp3) is 0.630. The van der Waals surface area contributed by atoms with Gasteiger partial charge in [0.25, 0.3) is 0 Å². The second-order valence-corrected chi connectivity index (χ2v) is 11.5. The maximum absolute atomic E-state index is 13.7. The summed E-state index contributed by atoms with van der Waals surface area (Å²) < 4.78 is 17.7. The van der Waals surface area contributed by atoms with E-state index in [-0.39, 0.29) is 6.04 Å². The zero-order chi connectivity index (χ0) is 26.0. The van der Waals surface area contributed by atoms with Crippen molar-refractivity contribution >= 4 is 33.6 Å². The van der Waals surface area contributed by atoms with Crippen LogP contribution in [-0.4, -0.2) is 80.1 Å². The van der Waals surface area contributed by atoms with Gasteiger partial charge in [-0.15, -0.1) is 0 Å². The second kappa shape index (κ2) is 8.74. The number of hydrogen-bond acceptors (Lipinski definition) is 8. The number of aliphatic hydroxyl groups is 1. The van der Waals surface area contributed by atoms with E-state index in [2.05, 4.69) is 46.0 Å². The van der Waals surface area contributed by atoms with Gasteiger partial charge in [0.15, 0.2) is 6.10 Å². The minimum absolute atomic E-state index is 0.0789. The van der Waals surface area contributed by atoms with Gasteiger partial charge in [-0.2, -0.15) is 0 Å². The van der Waals surface area contributed by atoms with E-state index in [4.69, 9.17) is 14.2 Å². The van der Waals surface area contributed by atoms with Crippen molar-refractivity contribution in [3.05, 3.63) is 34.3 Å². The van der Waals surface area contributed by atoms with E-state index in [0.717, 1.165) is 48.1 Å². The van der Waals surface area contributed by atoms with Gasteiger partial charge in [-0.05, 0) is 46.9 Å². The molecule has 3 heterocycles. The number of likely N-dealkylation sites (N-methyl/N-ethyl adjacent to an activating group) is 1. The SMILES string of the molecule is CCCC[C@]12C=CCN3CC[C@]4(c5cc(Br)c(OC)cc5N(C)[C@@H]4[C@](O)(C(=O)OC)[C@@H]1OC(C)=O)[C@@H]32. The number of methoxy groups -OCH3 is 2. The molecule has 6 atom stereocenters. The van der Waals surface area contributed by atoms with Gasteiger partial charge in [0.1, 0.15) is 5.75 Å². The van der Waals surface area contributed by atoms with Crippen molar-refractivity contribution in [1.29, 1.82) is 0 Å². The Morgan fingerprint density at radius 3 is 2.64 bits per heavy atom. The van der Waals surface area contributed by atoms with Gasteiger partial charge < -0.3 is 24.2 Å². The average Bonchev–Trinajstić information content (AvgIpc) is 3.36. The average molecular weight is 563 g/mol. The zero-order valence-corrected chi connectivity index (χ0v) is 23.1.